The van der Waals surface area contributed by atoms with E-state index in [2.05, 4.69) is 6.58 Å². The maximum atomic E-state index is 15.3. The Bertz CT molecular complexity index is 1510. The molecule has 10 heteroatoms. The summed E-state index contributed by atoms with van der Waals surface area (Å²) in [6, 6.07) is 12.0. The zero-order valence-electron chi connectivity index (χ0n) is 21.3. The molecule has 1 saturated heterocycles. The second-order valence-corrected chi connectivity index (χ2v) is 9.98. The number of nitrogens with zero attached hydrogens (tertiary/aromatic N) is 4. The van der Waals surface area contributed by atoms with Gasteiger partial charge in [0.05, 0.1) is 18.7 Å². The third kappa shape index (κ3) is 4.08. The number of aromatic nitrogens is 1. The summed E-state index contributed by atoms with van der Waals surface area (Å²) in [7, 11) is 1.45. The average Bonchev–Trinajstić information content (AvgIpc) is 3.33. The Labute approximate surface area is 230 Å². The predicted molar refractivity (Wildman–Crippen MR) is 145 cm³/mol. The molecule has 0 spiro atoms. The third-order valence-corrected chi connectivity index (χ3v) is 7.87. The fraction of sp³-hybridized carbons (Fsp3) is 0.276. The van der Waals surface area contributed by atoms with Crippen LogP contribution in [0, 0.1) is 5.82 Å². The van der Waals surface area contributed by atoms with E-state index in [1.807, 2.05) is 29.2 Å². The third-order valence-electron chi connectivity index (χ3n) is 7.51. The minimum absolute atomic E-state index is 0.0249. The van der Waals surface area contributed by atoms with Gasteiger partial charge in [-0.1, -0.05) is 42.4 Å². The van der Waals surface area contributed by atoms with Gasteiger partial charge in [0.15, 0.2) is 11.6 Å². The molecule has 1 atom stereocenters. The normalized spacial score (nSPS) is 18.1. The second-order valence-electron chi connectivity index (χ2n) is 9.60. The molecule has 0 bridgehead atoms. The predicted octanol–water partition coefficient (Wildman–Crippen LogP) is 4.48. The molecule has 3 aliphatic heterocycles. The highest BCUT2D eigenvalue weighted by molar-refractivity contribution is 6.35. The number of hydrogen-bond acceptors (Lipinski definition) is 6. The molecule has 3 aromatic rings. The van der Waals surface area contributed by atoms with E-state index in [-0.39, 0.29) is 51.8 Å². The Morgan fingerprint density at radius 2 is 2.00 bits per heavy atom. The number of carbonyl (C=O) groups excluding carboxylic acids is 2. The lowest BCUT2D eigenvalue weighted by Gasteiger charge is -2.39. The van der Waals surface area contributed by atoms with Crippen LogP contribution in [0.1, 0.15) is 15.9 Å². The number of halogens is 2. The lowest BCUT2D eigenvalue weighted by Crippen LogP contribution is -2.57. The van der Waals surface area contributed by atoms with Crippen molar-refractivity contribution in [3.63, 3.8) is 0 Å². The fourth-order valence-electron chi connectivity index (χ4n) is 5.60. The van der Waals surface area contributed by atoms with Gasteiger partial charge < -0.3 is 24.2 Å². The van der Waals surface area contributed by atoms with E-state index in [1.54, 1.807) is 21.9 Å². The van der Waals surface area contributed by atoms with Crippen LogP contribution in [0.3, 0.4) is 0 Å². The van der Waals surface area contributed by atoms with Crippen molar-refractivity contribution in [3.8, 4) is 22.8 Å². The molecular weight excluding hydrogens is 523 g/mol. The van der Waals surface area contributed by atoms with Crippen LogP contribution in [0.4, 0.5) is 15.9 Å². The summed E-state index contributed by atoms with van der Waals surface area (Å²) in [5, 5.41) is 0.0249. The van der Waals surface area contributed by atoms with Crippen LogP contribution in [-0.4, -0.2) is 72.5 Å². The summed E-state index contributed by atoms with van der Waals surface area (Å²) in [6.07, 6.45) is 2.02. The maximum Gasteiger partial charge on any atom is 0.261 e. The van der Waals surface area contributed by atoms with Crippen molar-refractivity contribution >= 4 is 34.9 Å². The minimum Gasteiger partial charge on any atom is -0.496 e. The minimum atomic E-state index is -0.563. The average molecular weight is 549 g/mol. The summed E-state index contributed by atoms with van der Waals surface area (Å²) in [5.74, 6) is -0.311. The van der Waals surface area contributed by atoms with Crippen LogP contribution < -0.4 is 14.4 Å². The zero-order chi connectivity index (χ0) is 27.3. The number of para-hydroxylation sites is 1. The van der Waals surface area contributed by atoms with E-state index < -0.39 is 11.9 Å². The zero-order valence-corrected chi connectivity index (χ0v) is 22.1. The molecule has 0 aliphatic carbocycles. The summed E-state index contributed by atoms with van der Waals surface area (Å²) in [5.41, 5.74) is 2.46. The van der Waals surface area contributed by atoms with Crippen molar-refractivity contribution < 1.29 is 23.5 Å². The Balaban J connectivity index is 1.55. The first-order chi connectivity index (χ1) is 18.9. The Morgan fingerprint density at radius 1 is 1.18 bits per heavy atom. The first-order valence-electron chi connectivity index (χ1n) is 12.7. The molecule has 2 amide bonds. The summed E-state index contributed by atoms with van der Waals surface area (Å²) >= 11 is 6.90. The first-order valence-corrected chi connectivity index (χ1v) is 13.1. The van der Waals surface area contributed by atoms with Gasteiger partial charge in [0.1, 0.15) is 34.5 Å². The maximum absolute atomic E-state index is 15.3. The van der Waals surface area contributed by atoms with E-state index in [1.165, 1.54) is 19.3 Å². The molecule has 0 saturated carbocycles. The number of anilines is 2. The highest BCUT2D eigenvalue weighted by Crippen LogP contribution is 2.48. The van der Waals surface area contributed by atoms with Crippen LogP contribution >= 0.6 is 11.6 Å². The standard InChI is InChI=1S/C29H26ClFN4O4/c1-3-22(36)33-13-14-34-18(15-33)16-39-27-24(29(34)37)28(35-12-11-17-7-4-5-9-20(17)35)32-26(25(27)30)23-19(31)8-6-10-21(23)38-2/h3-10,18H,1,11-16H2,2H3/t18-/m1/s1. The van der Waals surface area contributed by atoms with Gasteiger partial charge in [0, 0.05) is 31.9 Å². The van der Waals surface area contributed by atoms with Gasteiger partial charge in [-0.3, -0.25) is 9.59 Å². The van der Waals surface area contributed by atoms with Gasteiger partial charge in [0.25, 0.3) is 5.91 Å². The number of ether oxygens (including phenoxy) is 2. The highest BCUT2D eigenvalue weighted by Gasteiger charge is 2.41. The Morgan fingerprint density at radius 3 is 2.79 bits per heavy atom. The van der Waals surface area contributed by atoms with Crippen molar-refractivity contribution in [2.75, 3.05) is 44.8 Å². The van der Waals surface area contributed by atoms with E-state index in [0.717, 1.165) is 17.7 Å². The molecule has 6 rings (SSSR count). The van der Waals surface area contributed by atoms with E-state index in [4.69, 9.17) is 26.1 Å². The molecule has 1 fully saturated rings. The van der Waals surface area contributed by atoms with Gasteiger partial charge in [-0.05, 0) is 36.3 Å². The molecule has 2 aromatic carbocycles. The monoisotopic (exact) mass is 548 g/mol. The van der Waals surface area contributed by atoms with Crippen LogP contribution in [0.2, 0.25) is 5.02 Å². The molecule has 1 aromatic heterocycles. The van der Waals surface area contributed by atoms with Crippen LogP contribution in [-0.2, 0) is 11.2 Å². The number of rotatable bonds is 4. The number of carbonyl (C=O) groups is 2. The molecule has 3 aliphatic rings. The van der Waals surface area contributed by atoms with Gasteiger partial charge in [0.2, 0.25) is 5.91 Å². The number of pyridine rings is 1. The van der Waals surface area contributed by atoms with Crippen LogP contribution in [0.25, 0.3) is 11.3 Å². The molecule has 39 heavy (non-hydrogen) atoms. The van der Waals surface area contributed by atoms with E-state index in [0.29, 0.717) is 32.0 Å². The Hall–Kier alpha value is -4.11. The number of piperazine rings is 1. The van der Waals surface area contributed by atoms with E-state index >= 15 is 4.39 Å². The van der Waals surface area contributed by atoms with Gasteiger partial charge >= 0.3 is 0 Å². The van der Waals surface area contributed by atoms with Crippen molar-refractivity contribution in [2.45, 2.75) is 12.5 Å². The van der Waals surface area contributed by atoms with Crippen LogP contribution in [0.15, 0.2) is 55.1 Å². The summed E-state index contributed by atoms with van der Waals surface area (Å²) in [6.45, 7) is 5.25. The second kappa shape index (κ2) is 9.89. The molecular formula is C29H26ClFN4O4. The molecule has 0 unspecified atom stereocenters. The first kappa shape index (κ1) is 25.2. The topological polar surface area (TPSA) is 75.2 Å². The number of benzene rings is 2. The summed E-state index contributed by atoms with van der Waals surface area (Å²) < 4.78 is 27.0. The largest absolute Gasteiger partial charge is 0.496 e. The summed E-state index contributed by atoms with van der Waals surface area (Å²) in [4.78, 5) is 36.7. The van der Waals surface area contributed by atoms with Crippen molar-refractivity contribution in [2.24, 2.45) is 0 Å². The van der Waals surface area contributed by atoms with Gasteiger partial charge in [-0.15, -0.1) is 0 Å². The van der Waals surface area contributed by atoms with Crippen LogP contribution in [0.5, 0.6) is 11.5 Å². The molecule has 0 N–H and O–H groups in total. The number of methoxy groups -OCH3 is 1. The highest BCUT2D eigenvalue weighted by atomic mass is 35.5. The fourth-order valence-corrected chi connectivity index (χ4v) is 5.88. The molecule has 0 radical (unpaired) electrons. The quantitative estimate of drug-likeness (QED) is 0.448. The molecule has 4 heterocycles. The van der Waals surface area contributed by atoms with Gasteiger partial charge in [-0.25, -0.2) is 9.37 Å². The van der Waals surface area contributed by atoms with Gasteiger partial charge in [-0.2, -0.15) is 0 Å². The smallest absolute Gasteiger partial charge is 0.261 e. The lowest BCUT2D eigenvalue weighted by molar-refractivity contribution is -0.128. The van der Waals surface area contributed by atoms with E-state index in [9.17, 15) is 9.59 Å². The lowest BCUT2D eigenvalue weighted by atomic mass is 10.0. The van der Waals surface area contributed by atoms with Crippen molar-refractivity contribution in [3.05, 3.63) is 77.1 Å². The Kier molecular flexibility index (Phi) is 6.38. The number of fused-ring (bicyclic) bond motifs is 3. The van der Waals surface area contributed by atoms with Crippen molar-refractivity contribution in [1.82, 2.24) is 14.8 Å². The van der Waals surface area contributed by atoms with Crippen molar-refractivity contribution in [1.29, 1.82) is 0 Å². The number of hydrogen-bond donors (Lipinski definition) is 0. The SMILES string of the molecule is C=CC(=O)N1CCN2C(=O)c3c(N4CCc5ccccc54)nc(-c4c(F)cccc4OC)c(Cl)c3OC[C@H]2C1. The molecule has 8 nitrogen and oxygen atoms in total. The molecule has 200 valence electrons. The number of amides is 2.